The van der Waals surface area contributed by atoms with Gasteiger partial charge in [-0.25, -0.2) is 4.98 Å². The van der Waals surface area contributed by atoms with E-state index >= 15 is 0 Å². The average Bonchev–Trinajstić information content (AvgIpc) is 3.10. The molecule has 4 heteroatoms. The average molecular weight is 350 g/mol. The summed E-state index contributed by atoms with van der Waals surface area (Å²) in [5.41, 5.74) is 4.10. The van der Waals surface area contributed by atoms with Crippen molar-refractivity contribution < 1.29 is 9.84 Å². The number of ether oxygens (including phenoxy) is 1. The summed E-state index contributed by atoms with van der Waals surface area (Å²) < 4.78 is 7.58. The molecule has 0 saturated heterocycles. The normalized spacial score (nSPS) is 12.2. The van der Waals surface area contributed by atoms with Crippen molar-refractivity contribution in [2.45, 2.75) is 32.4 Å². The van der Waals surface area contributed by atoms with Crippen LogP contribution in [0.25, 0.3) is 22.5 Å². The van der Waals surface area contributed by atoms with Gasteiger partial charge in [-0.3, -0.25) is 0 Å². The van der Waals surface area contributed by atoms with Gasteiger partial charge in [-0.05, 0) is 6.42 Å². The third-order valence-electron chi connectivity index (χ3n) is 4.29. The molecular weight excluding hydrogens is 324 g/mol. The topological polar surface area (TPSA) is 47.3 Å². The molecule has 0 saturated carbocycles. The molecule has 0 aliphatic carbocycles. The molecule has 1 N–H and O–H groups in total. The zero-order valence-corrected chi connectivity index (χ0v) is 15.2. The van der Waals surface area contributed by atoms with Crippen LogP contribution in [0.15, 0.2) is 67.0 Å². The first-order valence-electron chi connectivity index (χ1n) is 9.21. The Kier molecular flexibility index (Phi) is 6.58. The van der Waals surface area contributed by atoms with Crippen LogP contribution in [0, 0.1) is 0 Å². The summed E-state index contributed by atoms with van der Waals surface area (Å²) in [5, 5.41) is 10.4. The molecule has 0 bridgehead atoms. The zero-order valence-electron chi connectivity index (χ0n) is 15.2. The van der Waals surface area contributed by atoms with E-state index < -0.39 is 6.10 Å². The van der Waals surface area contributed by atoms with E-state index in [2.05, 4.69) is 36.2 Å². The Morgan fingerprint density at radius 1 is 1.00 bits per heavy atom. The van der Waals surface area contributed by atoms with E-state index in [-0.39, 0.29) is 0 Å². The molecule has 1 aromatic heterocycles. The Labute approximate surface area is 155 Å². The monoisotopic (exact) mass is 350 g/mol. The van der Waals surface area contributed by atoms with E-state index in [1.807, 2.05) is 41.0 Å². The maximum absolute atomic E-state index is 10.4. The molecule has 0 aliphatic rings. The highest BCUT2D eigenvalue weighted by atomic mass is 16.5. The van der Waals surface area contributed by atoms with Crippen molar-refractivity contribution in [3.8, 4) is 22.5 Å². The van der Waals surface area contributed by atoms with Gasteiger partial charge in [0.1, 0.15) is 0 Å². The Morgan fingerprint density at radius 2 is 1.65 bits per heavy atom. The lowest BCUT2D eigenvalue weighted by Gasteiger charge is -2.15. The van der Waals surface area contributed by atoms with Crippen LogP contribution in [0.3, 0.4) is 0 Å². The smallest absolute Gasteiger partial charge is 0.0963 e. The highest BCUT2D eigenvalue weighted by Gasteiger charge is 2.17. The van der Waals surface area contributed by atoms with Gasteiger partial charge in [0.15, 0.2) is 0 Å². The first kappa shape index (κ1) is 18.4. The molecule has 1 unspecified atom stereocenters. The van der Waals surface area contributed by atoms with Gasteiger partial charge in [0.05, 0.1) is 37.0 Å². The Balaban J connectivity index is 1.85. The third-order valence-corrected chi connectivity index (χ3v) is 4.29. The van der Waals surface area contributed by atoms with Crippen molar-refractivity contribution in [2.24, 2.45) is 0 Å². The highest BCUT2D eigenvalue weighted by Crippen LogP contribution is 2.31. The number of hydrogen-bond acceptors (Lipinski definition) is 3. The molecular formula is C22H26N2O2. The third kappa shape index (κ3) is 4.59. The number of unbranched alkanes of at least 4 members (excludes halogenated alkanes) is 1. The van der Waals surface area contributed by atoms with Crippen LogP contribution in [-0.2, 0) is 11.3 Å². The van der Waals surface area contributed by atoms with Gasteiger partial charge < -0.3 is 14.4 Å². The van der Waals surface area contributed by atoms with Gasteiger partial charge in [0.2, 0.25) is 0 Å². The van der Waals surface area contributed by atoms with Gasteiger partial charge in [-0.15, -0.1) is 0 Å². The summed E-state index contributed by atoms with van der Waals surface area (Å²) in [6.07, 6.45) is 3.36. The highest BCUT2D eigenvalue weighted by molar-refractivity contribution is 5.78. The van der Waals surface area contributed by atoms with Crippen molar-refractivity contribution in [1.29, 1.82) is 0 Å². The van der Waals surface area contributed by atoms with E-state index in [0.29, 0.717) is 19.8 Å². The molecule has 1 heterocycles. The first-order valence-corrected chi connectivity index (χ1v) is 9.21. The molecule has 0 amide bonds. The number of aliphatic hydroxyl groups excluding tert-OH is 1. The van der Waals surface area contributed by atoms with Gasteiger partial charge in [-0.2, -0.15) is 0 Å². The second-order valence-corrected chi connectivity index (χ2v) is 6.41. The predicted molar refractivity (Wildman–Crippen MR) is 105 cm³/mol. The Bertz CT molecular complexity index is 784. The number of hydrogen-bond donors (Lipinski definition) is 1. The predicted octanol–water partition coefficient (Wildman–Crippen LogP) is 4.39. The lowest BCUT2D eigenvalue weighted by atomic mass is 10.0. The Morgan fingerprint density at radius 3 is 2.31 bits per heavy atom. The van der Waals surface area contributed by atoms with Crippen molar-refractivity contribution >= 4 is 0 Å². The van der Waals surface area contributed by atoms with Crippen molar-refractivity contribution in [2.75, 3.05) is 13.2 Å². The van der Waals surface area contributed by atoms with Gasteiger partial charge in [-0.1, -0.05) is 74.0 Å². The number of imidazole rings is 1. The molecule has 2 aromatic carbocycles. The minimum absolute atomic E-state index is 0.340. The lowest BCUT2D eigenvalue weighted by Crippen LogP contribution is -2.22. The van der Waals surface area contributed by atoms with Crippen LogP contribution in [0.2, 0.25) is 0 Å². The van der Waals surface area contributed by atoms with Crippen molar-refractivity contribution in [1.82, 2.24) is 9.55 Å². The van der Waals surface area contributed by atoms with Crippen LogP contribution in [0.1, 0.15) is 19.8 Å². The van der Waals surface area contributed by atoms with Crippen LogP contribution in [-0.4, -0.2) is 34.0 Å². The quantitative estimate of drug-likeness (QED) is 0.582. The fourth-order valence-electron chi connectivity index (χ4n) is 2.97. The summed E-state index contributed by atoms with van der Waals surface area (Å²) >= 11 is 0. The summed E-state index contributed by atoms with van der Waals surface area (Å²) in [6, 6.07) is 20.3. The number of nitrogens with zero attached hydrogens (tertiary/aromatic N) is 2. The summed E-state index contributed by atoms with van der Waals surface area (Å²) in [7, 11) is 0. The second-order valence-electron chi connectivity index (χ2n) is 6.41. The fourth-order valence-corrected chi connectivity index (χ4v) is 2.97. The molecule has 1 atom stereocenters. The molecule has 0 spiro atoms. The van der Waals surface area contributed by atoms with Gasteiger partial charge in [0.25, 0.3) is 0 Å². The van der Waals surface area contributed by atoms with Gasteiger partial charge in [0, 0.05) is 17.7 Å². The number of benzene rings is 2. The van der Waals surface area contributed by atoms with Crippen LogP contribution in [0.4, 0.5) is 0 Å². The summed E-state index contributed by atoms with van der Waals surface area (Å²) in [4.78, 5) is 4.64. The minimum atomic E-state index is -0.563. The largest absolute Gasteiger partial charge is 0.389 e. The molecule has 0 aliphatic heterocycles. The van der Waals surface area contributed by atoms with Crippen LogP contribution < -0.4 is 0 Å². The molecule has 0 radical (unpaired) electrons. The number of rotatable bonds is 9. The van der Waals surface area contributed by atoms with Gasteiger partial charge >= 0.3 is 0 Å². The molecule has 136 valence electrons. The maximum atomic E-state index is 10.4. The minimum Gasteiger partial charge on any atom is -0.389 e. The number of aromatic nitrogens is 2. The Hall–Kier alpha value is -2.43. The molecule has 26 heavy (non-hydrogen) atoms. The van der Waals surface area contributed by atoms with Crippen molar-refractivity contribution in [3.63, 3.8) is 0 Å². The maximum Gasteiger partial charge on any atom is 0.0963 e. The number of aliphatic hydroxyl groups is 1. The SMILES string of the molecule is CCCCOCC(O)Cn1cnc(-c2ccccc2)c1-c1ccccc1. The van der Waals surface area contributed by atoms with Crippen LogP contribution >= 0.6 is 0 Å². The zero-order chi connectivity index (χ0) is 18.2. The molecule has 0 fully saturated rings. The fraction of sp³-hybridized carbons (Fsp3) is 0.318. The second kappa shape index (κ2) is 9.32. The van der Waals surface area contributed by atoms with E-state index in [9.17, 15) is 5.11 Å². The standard InChI is InChI=1S/C22H26N2O2/c1-2-3-14-26-16-20(25)15-24-17-23-21(18-10-6-4-7-11-18)22(24)19-12-8-5-9-13-19/h4-13,17,20,25H,2-3,14-16H2,1H3. The molecule has 3 aromatic rings. The van der Waals surface area contributed by atoms with Crippen molar-refractivity contribution in [3.05, 3.63) is 67.0 Å². The van der Waals surface area contributed by atoms with Crippen LogP contribution in [0.5, 0.6) is 0 Å². The van der Waals surface area contributed by atoms with E-state index in [4.69, 9.17) is 4.74 Å². The summed E-state index contributed by atoms with van der Waals surface area (Å²) in [5.74, 6) is 0. The summed E-state index contributed by atoms with van der Waals surface area (Å²) in [6.45, 7) is 3.62. The molecule has 3 rings (SSSR count). The van der Waals surface area contributed by atoms with E-state index in [1.165, 1.54) is 0 Å². The van der Waals surface area contributed by atoms with E-state index in [1.54, 1.807) is 6.33 Å². The first-order chi connectivity index (χ1) is 12.8. The lowest BCUT2D eigenvalue weighted by molar-refractivity contribution is 0.0273. The molecule has 4 nitrogen and oxygen atoms in total. The van der Waals surface area contributed by atoms with E-state index in [0.717, 1.165) is 35.4 Å².